The third kappa shape index (κ3) is 10.5. The van der Waals surface area contributed by atoms with Gasteiger partial charge in [0.15, 0.2) is 0 Å². The van der Waals surface area contributed by atoms with Crippen molar-refractivity contribution < 1.29 is 24.2 Å². The molecule has 1 aromatic rings. The number of hydrogen-bond donors (Lipinski definition) is 3. The Morgan fingerprint density at radius 3 is 2.67 bits per heavy atom. The highest BCUT2D eigenvalue weighted by atomic mass is 33.1. The van der Waals surface area contributed by atoms with Crippen molar-refractivity contribution in [3.05, 3.63) is 29.8 Å². The molecule has 1 aromatic carbocycles. The van der Waals surface area contributed by atoms with E-state index in [1.54, 1.807) is 19.2 Å². The van der Waals surface area contributed by atoms with E-state index in [-0.39, 0.29) is 17.7 Å². The van der Waals surface area contributed by atoms with E-state index in [1.165, 1.54) is 21.8 Å². The van der Waals surface area contributed by atoms with Crippen LogP contribution in [-0.4, -0.2) is 56.2 Å². The van der Waals surface area contributed by atoms with E-state index in [0.717, 1.165) is 0 Å². The number of nitrogens with one attached hydrogen (secondary N) is 2. The zero-order chi connectivity index (χ0) is 20.1. The second-order valence-electron chi connectivity index (χ2n) is 6.59. The van der Waals surface area contributed by atoms with Crippen molar-refractivity contribution in [3.8, 4) is 0 Å². The summed E-state index contributed by atoms with van der Waals surface area (Å²) < 4.78 is 13.6. The van der Waals surface area contributed by atoms with Crippen LogP contribution in [0.5, 0.6) is 0 Å². The van der Waals surface area contributed by atoms with Crippen molar-refractivity contribution in [1.82, 2.24) is 5.32 Å². The number of ether oxygens (including phenoxy) is 2. The van der Waals surface area contributed by atoms with E-state index in [1.807, 2.05) is 26.0 Å². The van der Waals surface area contributed by atoms with Crippen LogP contribution in [0.3, 0.4) is 0 Å². The number of methoxy groups -OCH3 is 1. The van der Waals surface area contributed by atoms with Crippen molar-refractivity contribution in [2.45, 2.75) is 20.3 Å². The number of carboxylic acids is 1. The first-order valence-electron chi connectivity index (χ1n) is 8.56. The summed E-state index contributed by atoms with van der Waals surface area (Å²) >= 11 is 0. The average Bonchev–Trinajstić information content (AvgIpc) is 2.63. The zero-order valence-electron chi connectivity index (χ0n) is 15.9. The Hall–Kier alpha value is -1.42. The first-order valence-corrected chi connectivity index (χ1v) is 10.9. The second kappa shape index (κ2) is 12.9. The van der Waals surface area contributed by atoms with Gasteiger partial charge in [0.2, 0.25) is 0 Å². The van der Waals surface area contributed by atoms with E-state index in [2.05, 4.69) is 10.0 Å². The third-order valence-corrected chi connectivity index (χ3v) is 5.33. The van der Waals surface area contributed by atoms with Crippen molar-refractivity contribution in [3.63, 3.8) is 0 Å². The summed E-state index contributed by atoms with van der Waals surface area (Å²) in [5.74, 6) is -0.505. The van der Waals surface area contributed by atoms with Gasteiger partial charge in [0, 0.05) is 35.8 Å². The lowest BCUT2D eigenvalue weighted by Crippen LogP contribution is -2.37. The highest BCUT2D eigenvalue weighted by molar-refractivity contribution is 8.77. The molecular formula is C18H28N2O5S2. The number of benzene rings is 1. The van der Waals surface area contributed by atoms with Gasteiger partial charge in [-0.15, -0.1) is 0 Å². The largest absolute Gasteiger partial charge is 0.481 e. The summed E-state index contributed by atoms with van der Waals surface area (Å²) in [5, 5.41) is 11.6. The number of anilines is 1. The number of rotatable bonds is 14. The summed E-state index contributed by atoms with van der Waals surface area (Å²) in [5.41, 5.74) is 1.03. The van der Waals surface area contributed by atoms with Gasteiger partial charge in [-0.2, -0.15) is 0 Å². The Morgan fingerprint density at radius 2 is 1.96 bits per heavy atom. The molecule has 0 aliphatic heterocycles. The molecule has 0 aromatic heterocycles. The van der Waals surface area contributed by atoms with Crippen molar-refractivity contribution >= 4 is 39.3 Å². The summed E-state index contributed by atoms with van der Waals surface area (Å²) in [4.78, 5) is 23.1. The zero-order valence-corrected chi connectivity index (χ0v) is 17.6. The molecule has 27 heavy (non-hydrogen) atoms. The Balaban J connectivity index is 2.48. The van der Waals surface area contributed by atoms with Crippen LogP contribution < -0.4 is 10.0 Å². The van der Waals surface area contributed by atoms with Crippen LogP contribution in [0.1, 0.15) is 30.6 Å². The predicted molar refractivity (Wildman–Crippen MR) is 111 cm³/mol. The van der Waals surface area contributed by atoms with E-state index in [9.17, 15) is 9.59 Å². The van der Waals surface area contributed by atoms with Crippen LogP contribution in [0.4, 0.5) is 5.69 Å². The maximum absolute atomic E-state index is 12.6. The molecule has 9 heteroatoms. The van der Waals surface area contributed by atoms with Crippen LogP contribution in [0, 0.1) is 5.41 Å². The maximum Gasteiger partial charge on any atom is 0.304 e. The summed E-state index contributed by atoms with van der Waals surface area (Å²) in [6.45, 7) is 6.12. The van der Waals surface area contributed by atoms with Gasteiger partial charge in [0.25, 0.3) is 5.91 Å². The van der Waals surface area contributed by atoms with Crippen LogP contribution in [-0.2, 0) is 14.3 Å². The monoisotopic (exact) mass is 416 g/mol. The summed E-state index contributed by atoms with van der Waals surface area (Å²) in [6.07, 6.45) is 0.100. The lowest BCUT2D eigenvalue weighted by atomic mass is 9.94. The first-order chi connectivity index (χ1) is 12.9. The molecule has 0 atom stereocenters. The molecule has 0 aliphatic rings. The molecule has 0 unspecified atom stereocenters. The van der Waals surface area contributed by atoms with Gasteiger partial charge in [-0.25, -0.2) is 0 Å². The fraction of sp³-hybridized carbons (Fsp3) is 0.556. The standard InChI is InChI=1S/C18H28N2O5S2/c1-18(2,13-25-10-9-24-3)12-19-17(23)14-6-4-5-7-15(14)20-27-26-11-8-16(21)22/h4-7,20H,8-13H2,1-3H3,(H,19,23)(H,21,22). The van der Waals surface area contributed by atoms with Gasteiger partial charge in [0.05, 0.1) is 37.5 Å². The fourth-order valence-corrected chi connectivity index (χ4v) is 3.59. The minimum atomic E-state index is -0.823. The number of carbonyl (C=O) groups excluding carboxylic acids is 1. The Labute approximate surface area is 168 Å². The number of amides is 1. The molecule has 1 rings (SSSR count). The third-order valence-electron chi connectivity index (χ3n) is 3.43. The maximum atomic E-state index is 12.6. The fourth-order valence-electron chi connectivity index (χ4n) is 1.97. The van der Waals surface area contributed by atoms with Gasteiger partial charge in [-0.1, -0.05) is 36.8 Å². The number of para-hydroxylation sites is 1. The van der Waals surface area contributed by atoms with Crippen LogP contribution >= 0.6 is 21.8 Å². The molecule has 0 bridgehead atoms. The van der Waals surface area contributed by atoms with Crippen LogP contribution in [0.2, 0.25) is 0 Å². The summed E-state index contributed by atoms with van der Waals surface area (Å²) in [7, 11) is 4.33. The van der Waals surface area contributed by atoms with Gasteiger partial charge >= 0.3 is 5.97 Å². The number of aliphatic carboxylic acids is 1. The van der Waals surface area contributed by atoms with Crippen molar-refractivity contribution in [2.24, 2.45) is 5.41 Å². The Kier molecular flexibility index (Phi) is 11.3. The predicted octanol–water partition coefficient (Wildman–Crippen LogP) is 3.29. The topological polar surface area (TPSA) is 96.9 Å². The van der Waals surface area contributed by atoms with Gasteiger partial charge in [-0.3, -0.25) is 9.59 Å². The van der Waals surface area contributed by atoms with Crippen molar-refractivity contribution in [2.75, 3.05) is 44.0 Å². The highest BCUT2D eigenvalue weighted by Gasteiger charge is 2.20. The molecule has 1 amide bonds. The molecule has 0 fully saturated rings. The van der Waals surface area contributed by atoms with Gasteiger partial charge in [-0.05, 0) is 12.1 Å². The lowest BCUT2D eigenvalue weighted by molar-refractivity contribution is -0.136. The highest BCUT2D eigenvalue weighted by Crippen LogP contribution is 2.27. The quantitative estimate of drug-likeness (QED) is 0.241. The molecule has 0 saturated heterocycles. The second-order valence-corrected chi connectivity index (χ2v) is 8.81. The van der Waals surface area contributed by atoms with Crippen LogP contribution in [0.15, 0.2) is 24.3 Å². The summed E-state index contributed by atoms with van der Waals surface area (Å²) in [6, 6.07) is 7.22. The molecular weight excluding hydrogens is 388 g/mol. The number of hydrogen-bond acceptors (Lipinski definition) is 7. The molecule has 7 nitrogen and oxygen atoms in total. The van der Waals surface area contributed by atoms with Crippen molar-refractivity contribution in [1.29, 1.82) is 0 Å². The van der Waals surface area contributed by atoms with Gasteiger partial charge < -0.3 is 24.6 Å². The molecule has 3 N–H and O–H groups in total. The molecule has 0 heterocycles. The molecule has 152 valence electrons. The van der Waals surface area contributed by atoms with E-state index in [4.69, 9.17) is 14.6 Å². The molecule has 0 aliphatic carbocycles. The Morgan fingerprint density at radius 1 is 1.22 bits per heavy atom. The molecule has 0 spiro atoms. The first kappa shape index (κ1) is 23.6. The number of carbonyl (C=O) groups is 2. The average molecular weight is 417 g/mol. The normalized spacial score (nSPS) is 11.2. The molecule has 0 saturated carbocycles. The smallest absolute Gasteiger partial charge is 0.304 e. The van der Waals surface area contributed by atoms with E-state index >= 15 is 0 Å². The van der Waals surface area contributed by atoms with E-state index < -0.39 is 5.97 Å². The minimum Gasteiger partial charge on any atom is -0.481 e. The minimum absolute atomic E-state index is 0.100. The van der Waals surface area contributed by atoms with Crippen LogP contribution in [0.25, 0.3) is 0 Å². The van der Waals surface area contributed by atoms with E-state index in [0.29, 0.717) is 43.4 Å². The number of carboxylic acid groups (broad SMARTS) is 1. The van der Waals surface area contributed by atoms with Gasteiger partial charge in [0.1, 0.15) is 0 Å². The molecule has 0 radical (unpaired) electrons. The Bertz CT molecular complexity index is 599. The lowest BCUT2D eigenvalue weighted by Gasteiger charge is -2.25. The SMILES string of the molecule is COCCOCC(C)(C)CNC(=O)c1ccccc1NSSCCC(=O)O.